The number of benzene rings is 2. The Balaban J connectivity index is 1.57. The molecule has 0 aliphatic carbocycles. The summed E-state index contributed by atoms with van der Waals surface area (Å²) in [5.41, 5.74) is 1.04. The van der Waals surface area contributed by atoms with E-state index < -0.39 is 11.2 Å². The van der Waals surface area contributed by atoms with Gasteiger partial charge < -0.3 is 15.5 Å². The number of rotatable bonds is 5. The molecule has 0 aromatic heterocycles. The zero-order valence-electron chi connectivity index (χ0n) is 14.9. The second-order valence-corrected chi connectivity index (χ2v) is 8.25. The Morgan fingerprint density at radius 1 is 1.14 bits per heavy atom. The van der Waals surface area contributed by atoms with Crippen molar-refractivity contribution < 1.29 is 14.4 Å². The predicted molar refractivity (Wildman–Crippen MR) is 112 cm³/mol. The molecule has 6 nitrogen and oxygen atoms in total. The van der Waals surface area contributed by atoms with E-state index in [1.54, 1.807) is 18.2 Å². The lowest BCUT2D eigenvalue weighted by Crippen LogP contribution is -2.39. The Bertz CT molecular complexity index is 918. The van der Waals surface area contributed by atoms with Gasteiger partial charge in [0.25, 0.3) is 0 Å². The lowest BCUT2D eigenvalue weighted by Gasteiger charge is -2.25. The molecule has 0 unspecified atom stereocenters. The van der Waals surface area contributed by atoms with Crippen LogP contribution in [0, 0.1) is 0 Å². The minimum Gasteiger partial charge on any atom is -0.336 e. The average Bonchev–Trinajstić information content (AvgIpc) is 2.65. The Kier molecular flexibility index (Phi) is 6.49. The number of thioether (sulfide) groups is 1. The summed E-state index contributed by atoms with van der Waals surface area (Å²) >= 11 is 13.4. The normalized spacial score (nSPS) is 15.4. The number of nitrogens with zero attached hydrogens (tertiary/aromatic N) is 1. The van der Waals surface area contributed by atoms with Gasteiger partial charge in [-0.3, -0.25) is 14.4 Å². The highest BCUT2D eigenvalue weighted by Crippen LogP contribution is 2.36. The molecule has 0 radical (unpaired) electrons. The van der Waals surface area contributed by atoms with Crippen molar-refractivity contribution in [2.45, 2.75) is 16.6 Å². The highest BCUT2D eigenvalue weighted by molar-refractivity contribution is 8.01. The SMILES string of the molecule is CN(CC(=O)Nc1c(Cl)cccc1Cl)C(=O)C[C@H]1Sc2ccccc2NC1=O. The van der Waals surface area contributed by atoms with Crippen molar-refractivity contribution in [3.05, 3.63) is 52.5 Å². The van der Waals surface area contributed by atoms with Crippen LogP contribution in [0.4, 0.5) is 11.4 Å². The molecule has 0 saturated carbocycles. The number of nitrogens with one attached hydrogen (secondary N) is 2. The van der Waals surface area contributed by atoms with E-state index in [2.05, 4.69) is 10.6 Å². The van der Waals surface area contributed by atoms with Crippen LogP contribution in [0.15, 0.2) is 47.4 Å². The van der Waals surface area contributed by atoms with Crippen LogP contribution in [-0.4, -0.2) is 41.5 Å². The van der Waals surface area contributed by atoms with E-state index in [4.69, 9.17) is 23.2 Å². The van der Waals surface area contributed by atoms with E-state index in [0.717, 1.165) is 10.6 Å². The molecule has 1 atom stereocenters. The fourth-order valence-electron chi connectivity index (χ4n) is 2.64. The number of hydrogen-bond acceptors (Lipinski definition) is 4. The standard InChI is InChI=1S/C19H17Cl2N3O3S/c1-24(10-16(25)23-18-11(20)5-4-6-12(18)21)17(26)9-15-19(27)22-13-7-2-3-8-14(13)28-15/h2-8,15H,9-10H2,1H3,(H,22,27)(H,23,25)/t15-/m1/s1. The maximum Gasteiger partial charge on any atom is 0.244 e. The number of anilines is 2. The molecule has 1 heterocycles. The van der Waals surface area contributed by atoms with Crippen molar-refractivity contribution in [2.75, 3.05) is 24.2 Å². The third-order valence-electron chi connectivity index (χ3n) is 4.10. The van der Waals surface area contributed by atoms with Crippen molar-refractivity contribution in [1.29, 1.82) is 0 Å². The van der Waals surface area contributed by atoms with Gasteiger partial charge in [-0.05, 0) is 24.3 Å². The number of para-hydroxylation sites is 2. The Morgan fingerprint density at radius 2 is 1.82 bits per heavy atom. The molecule has 0 saturated heterocycles. The van der Waals surface area contributed by atoms with Crippen LogP contribution in [0.2, 0.25) is 10.0 Å². The van der Waals surface area contributed by atoms with E-state index in [0.29, 0.717) is 15.7 Å². The molecule has 2 aromatic carbocycles. The second kappa shape index (κ2) is 8.86. The predicted octanol–water partition coefficient (Wildman–Crippen LogP) is 3.89. The van der Waals surface area contributed by atoms with Crippen molar-refractivity contribution in [3.8, 4) is 0 Å². The third kappa shape index (κ3) is 4.79. The molecule has 146 valence electrons. The molecule has 1 aliphatic rings. The van der Waals surface area contributed by atoms with Crippen LogP contribution >= 0.6 is 35.0 Å². The lowest BCUT2D eigenvalue weighted by atomic mass is 10.2. The summed E-state index contributed by atoms with van der Waals surface area (Å²) < 4.78 is 0. The van der Waals surface area contributed by atoms with Crippen LogP contribution in [0.3, 0.4) is 0 Å². The minimum atomic E-state index is -0.550. The number of likely N-dealkylation sites (N-methyl/N-ethyl adjacent to an activating group) is 1. The van der Waals surface area contributed by atoms with E-state index >= 15 is 0 Å². The maximum absolute atomic E-state index is 12.5. The zero-order valence-corrected chi connectivity index (χ0v) is 17.2. The number of carbonyl (C=O) groups is 3. The first-order valence-corrected chi connectivity index (χ1v) is 10.0. The number of halogens is 2. The highest BCUT2D eigenvalue weighted by atomic mass is 35.5. The smallest absolute Gasteiger partial charge is 0.244 e. The van der Waals surface area contributed by atoms with Gasteiger partial charge >= 0.3 is 0 Å². The Hall–Kier alpha value is -2.22. The van der Waals surface area contributed by atoms with Gasteiger partial charge in [0.2, 0.25) is 17.7 Å². The van der Waals surface area contributed by atoms with Crippen LogP contribution in [0.5, 0.6) is 0 Å². The van der Waals surface area contributed by atoms with E-state index in [-0.39, 0.29) is 24.8 Å². The van der Waals surface area contributed by atoms with Gasteiger partial charge in [0.05, 0.1) is 33.2 Å². The quantitative estimate of drug-likeness (QED) is 0.743. The maximum atomic E-state index is 12.5. The lowest BCUT2D eigenvalue weighted by molar-refractivity contribution is -0.134. The average molecular weight is 438 g/mol. The molecule has 2 N–H and O–H groups in total. The number of amides is 3. The molecular weight excluding hydrogens is 421 g/mol. The highest BCUT2D eigenvalue weighted by Gasteiger charge is 2.30. The van der Waals surface area contributed by atoms with Gasteiger partial charge in [-0.15, -0.1) is 11.8 Å². The molecule has 9 heteroatoms. The number of hydrogen-bond donors (Lipinski definition) is 2. The van der Waals surface area contributed by atoms with Crippen molar-refractivity contribution in [1.82, 2.24) is 4.90 Å². The van der Waals surface area contributed by atoms with Crippen molar-refractivity contribution in [3.63, 3.8) is 0 Å². The van der Waals surface area contributed by atoms with Gasteiger partial charge in [-0.1, -0.05) is 41.4 Å². The molecule has 28 heavy (non-hydrogen) atoms. The zero-order chi connectivity index (χ0) is 20.3. The molecule has 3 amide bonds. The monoisotopic (exact) mass is 437 g/mol. The fourth-order valence-corrected chi connectivity index (χ4v) is 4.23. The van der Waals surface area contributed by atoms with Crippen LogP contribution in [0.25, 0.3) is 0 Å². The molecule has 1 aliphatic heterocycles. The van der Waals surface area contributed by atoms with Crippen molar-refractivity contribution in [2.24, 2.45) is 0 Å². The summed E-state index contributed by atoms with van der Waals surface area (Å²) in [6, 6.07) is 12.3. The van der Waals surface area contributed by atoms with Crippen LogP contribution in [-0.2, 0) is 14.4 Å². The van der Waals surface area contributed by atoms with Gasteiger partial charge in [0.15, 0.2) is 0 Å². The third-order valence-corrected chi connectivity index (χ3v) is 6.01. The van der Waals surface area contributed by atoms with Gasteiger partial charge in [-0.25, -0.2) is 0 Å². The summed E-state index contributed by atoms with van der Waals surface area (Å²) in [5, 5.41) is 5.48. The van der Waals surface area contributed by atoms with Gasteiger partial charge in [0, 0.05) is 18.4 Å². The van der Waals surface area contributed by atoms with E-state index in [1.165, 1.54) is 23.7 Å². The van der Waals surface area contributed by atoms with Gasteiger partial charge in [-0.2, -0.15) is 0 Å². The van der Waals surface area contributed by atoms with Crippen LogP contribution < -0.4 is 10.6 Å². The first-order chi connectivity index (χ1) is 13.3. The van der Waals surface area contributed by atoms with Gasteiger partial charge in [0.1, 0.15) is 0 Å². The summed E-state index contributed by atoms with van der Waals surface area (Å²) in [5.74, 6) is -0.970. The second-order valence-electron chi connectivity index (χ2n) is 6.19. The Labute approximate surface area is 176 Å². The molecule has 0 spiro atoms. The number of fused-ring (bicyclic) bond motifs is 1. The molecule has 2 aromatic rings. The largest absolute Gasteiger partial charge is 0.336 e. The molecule has 0 bridgehead atoms. The van der Waals surface area contributed by atoms with E-state index in [9.17, 15) is 14.4 Å². The summed E-state index contributed by atoms with van der Waals surface area (Å²) in [6.45, 7) is -0.185. The minimum absolute atomic E-state index is 0.0124. The molecular formula is C19H17Cl2N3O3S. The Morgan fingerprint density at radius 3 is 2.54 bits per heavy atom. The van der Waals surface area contributed by atoms with Crippen molar-refractivity contribution >= 4 is 64.1 Å². The van der Waals surface area contributed by atoms with E-state index in [1.807, 2.05) is 24.3 Å². The first-order valence-electron chi connectivity index (χ1n) is 8.39. The summed E-state index contributed by atoms with van der Waals surface area (Å²) in [7, 11) is 1.51. The molecule has 3 rings (SSSR count). The number of carbonyl (C=O) groups excluding carboxylic acids is 3. The molecule has 0 fully saturated rings. The fraction of sp³-hybridized carbons (Fsp3) is 0.211. The summed E-state index contributed by atoms with van der Waals surface area (Å²) in [4.78, 5) is 39.2. The first kappa shape index (κ1) is 20.5. The summed E-state index contributed by atoms with van der Waals surface area (Å²) in [6.07, 6.45) is -0.0124. The topological polar surface area (TPSA) is 78.5 Å². The van der Waals surface area contributed by atoms with Crippen LogP contribution in [0.1, 0.15) is 6.42 Å².